The lowest BCUT2D eigenvalue weighted by atomic mass is 9.90. The van der Waals surface area contributed by atoms with Crippen LogP contribution in [0.1, 0.15) is 36.0 Å². The topological polar surface area (TPSA) is 68.0 Å². The Hall–Kier alpha value is -2.18. The molecule has 150 valence electrons. The monoisotopic (exact) mass is 382 g/mol. The fourth-order valence-corrected chi connectivity index (χ4v) is 3.64. The summed E-state index contributed by atoms with van der Waals surface area (Å²) < 4.78 is 12.8. The van der Waals surface area contributed by atoms with E-state index in [-0.39, 0.29) is 24.7 Å². The van der Waals surface area contributed by atoms with Crippen LogP contribution in [0.4, 0.5) is 5.69 Å². The molecule has 1 fully saturated rings. The van der Waals surface area contributed by atoms with E-state index in [9.17, 15) is 5.11 Å². The number of aliphatic hydroxyl groups excluding tert-OH is 1. The van der Waals surface area contributed by atoms with Gasteiger partial charge in [-0.1, -0.05) is 49.4 Å². The van der Waals surface area contributed by atoms with Crippen LogP contribution in [0.5, 0.6) is 0 Å². The quantitative estimate of drug-likeness (QED) is 0.565. The number of nitrogens with zero attached hydrogens (tertiary/aromatic N) is 1. The molecule has 0 bridgehead atoms. The normalized spacial score (nSPS) is 25.0. The molecule has 5 nitrogen and oxygen atoms in total. The van der Waals surface area contributed by atoms with Gasteiger partial charge in [-0.2, -0.15) is 0 Å². The van der Waals surface area contributed by atoms with Crippen molar-refractivity contribution in [3.8, 4) is 0 Å². The molecular weight excluding hydrogens is 352 g/mol. The molecular formula is C23H30N2O3. The highest BCUT2D eigenvalue weighted by Gasteiger charge is 2.38. The summed E-state index contributed by atoms with van der Waals surface area (Å²) in [5.74, 6) is 0.157. The van der Waals surface area contributed by atoms with Gasteiger partial charge in [-0.05, 0) is 30.3 Å². The van der Waals surface area contributed by atoms with Crippen LogP contribution in [0.15, 0.2) is 61.2 Å². The Morgan fingerprint density at radius 2 is 1.89 bits per heavy atom. The van der Waals surface area contributed by atoms with E-state index < -0.39 is 6.29 Å². The summed E-state index contributed by atoms with van der Waals surface area (Å²) in [4.78, 5) is 2.20. The van der Waals surface area contributed by atoms with Crippen LogP contribution in [0, 0.1) is 5.92 Å². The molecule has 0 radical (unpaired) electrons. The summed E-state index contributed by atoms with van der Waals surface area (Å²) in [6, 6.07) is 15.6. The molecule has 28 heavy (non-hydrogen) atoms. The highest BCUT2D eigenvalue weighted by molar-refractivity contribution is 5.41. The lowest BCUT2D eigenvalue weighted by molar-refractivity contribution is -0.275. The Bertz CT molecular complexity index is 778. The summed E-state index contributed by atoms with van der Waals surface area (Å²) in [6.07, 6.45) is 1.29. The van der Waals surface area contributed by atoms with Gasteiger partial charge in [0.05, 0.1) is 18.8 Å². The van der Waals surface area contributed by atoms with Crippen molar-refractivity contribution in [3.05, 3.63) is 77.9 Å². The second-order valence-corrected chi connectivity index (χ2v) is 7.50. The second-order valence-electron chi connectivity index (χ2n) is 7.50. The van der Waals surface area contributed by atoms with Crippen LogP contribution < -0.4 is 5.73 Å². The predicted molar refractivity (Wildman–Crippen MR) is 112 cm³/mol. The van der Waals surface area contributed by atoms with E-state index in [1.807, 2.05) is 54.6 Å². The fraction of sp³-hybridized carbons (Fsp3) is 0.391. The van der Waals surface area contributed by atoms with Crippen molar-refractivity contribution < 1.29 is 14.6 Å². The molecule has 5 heteroatoms. The zero-order valence-corrected chi connectivity index (χ0v) is 16.6. The number of anilines is 1. The largest absolute Gasteiger partial charge is 0.399 e. The SMILES string of the molecule is C=CCN(C)C[C@H]1OC(c2cccc(N)c2)O[C@@H](c2ccc(CO)cc2)[C@H]1C. The zero-order valence-electron chi connectivity index (χ0n) is 16.6. The molecule has 0 aromatic heterocycles. The molecule has 1 heterocycles. The number of benzene rings is 2. The van der Waals surface area contributed by atoms with Crippen molar-refractivity contribution in [1.29, 1.82) is 0 Å². The fourth-order valence-electron chi connectivity index (χ4n) is 3.64. The van der Waals surface area contributed by atoms with Gasteiger partial charge in [0.25, 0.3) is 0 Å². The minimum atomic E-state index is -0.482. The number of ether oxygens (including phenoxy) is 2. The number of hydrogen-bond donors (Lipinski definition) is 2. The maximum atomic E-state index is 9.32. The average molecular weight is 383 g/mol. The number of rotatable bonds is 7. The Labute approximate surface area is 167 Å². The first-order valence-corrected chi connectivity index (χ1v) is 9.67. The maximum absolute atomic E-state index is 9.32. The first-order chi connectivity index (χ1) is 13.5. The molecule has 3 N–H and O–H groups in total. The number of nitrogens with two attached hydrogens (primary N) is 1. The Kier molecular flexibility index (Phi) is 6.86. The van der Waals surface area contributed by atoms with Gasteiger partial charge >= 0.3 is 0 Å². The lowest BCUT2D eigenvalue weighted by Gasteiger charge is -2.42. The second kappa shape index (κ2) is 9.34. The summed E-state index contributed by atoms with van der Waals surface area (Å²) in [5.41, 5.74) is 9.54. The molecule has 0 spiro atoms. The van der Waals surface area contributed by atoms with Gasteiger partial charge in [0, 0.05) is 30.3 Å². The molecule has 0 saturated carbocycles. The minimum Gasteiger partial charge on any atom is -0.399 e. The van der Waals surface area contributed by atoms with Gasteiger partial charge in [0.15, 0.2) is 6.29 Å². The molecule has 1 unspecified atom stereocenters. The molecule has 3 rings (SSSR count). The first kappa shape index (κ1) is 20.6. The predicted octanol–water partition coefficient (Wildman–Crippen LogP) is 3.67. The molecule has 1 aliphatic heterocycles. The van der Waals surface area contributed by atoms with E-state index >= 15 is 0 Å². The Morgan fingerprint density at radius 1 is 1.14 bits per heavy atom. The van der Waals surface area contributed by atoms with Gasteiger partial charge in [0.2, 0.25) is 0 Å². The van der Waals surface area contributed by atoms with E-state index in [0.29, 0.717) is 5.69 Å². The van der Waals surface area contributed by atoms with Crippen molar-refractivity contribution in [3.63, 3.8) is 0 Å². The molecule has 1 saturated heterocycles. The van der Waals surface area contributed by atoms with Gasteiger partial charge < -0.3 is 25.2 Å². The van der Waals surface area contributed by atoms with E-state index in [2.05, 4.69) is 25.5 Å². The Balaban J connectivity index is 1.88. The molecule has 0 amide bonds. The van der Waals surface area contributed by atoms with E-state index in [4.69, 9.17) is 15.2 Å². The third kappa shape index (κ3) is 4.80. The van der Waals surface area contributed by atoms with Crippen molar-refractivity contribution in [2.24, 2.45) is 5.92 Å². The maximum Gasteiger partial charge on any atom is 0.185 e. The van der Waals surface area contributed by atoms with Crippen LogP contribution in [0.25, 0.3) is 0 Å². The van der Waals surface area contributed by atoms with Crippen LogP contribution in [-0.4, -0.2) is 36.2 Å². The summed E-state index contributed by atoms with van der Waals surface area (Å²) in [7, 11) is 2.06. The molecule has 1 aliphatic rings. The third-order valence-corrected chi connectivity index (χ3v) is 5.24. The summed E-state index contributed by atoms with van der Waals surface area (Å²) in [6.45, 7) is 7.59. The summed E-state index contributed by atoms with van der Waals surface area (Å²) in [5, 5.41) is 9.32. The highest BCUT2D eigenvalue weighted by Crippen LogP contribution is 2.41. The first-order valence-electron chi connectivity index (χ1n) is 9.67. The van der Waals surface area contributed by atoms with Gasteiger partial charge in [-0.15, -0.1) is 6.58 Å². The van der Waals surface area contributed by atoms with Crippen LogP contribution in [0.3, 0.4) is 0 Å². The lowest BCUT2D eigenvalue weighted by Crippen LogP contribution is -2.43. The number of aliphatic hydroxyl groups is 1. The van der Waals surface area contributed by atoms with Gasteiger partial charge in [-0.3, -0.25) is 0 Å². The van der Waals surface area contributed by atoms with Crippen LogP contribution in [-0.2, 0) is 16.1 Å². The highest BCUT2D eigenvalue weighted by atomic mass is 16.7. The van der Waals surface area contributed by atoms with Crippen LogP contribution >= 0.6 is 0 Å². The van der Waals surface area contributed by atoms with Gasteiger partial charge in [0.1, 0.15) is 0 Å². The number of likely N-dealkylation sites (N-methyl/N-ethyl adjacent to an activating group) is 1. The number of nitrogen functional groups attached to an aromatic ring is 1. The van der Waals surface area contributed by atoms with Gasteiger partial charge in [-0.25, -0.2) is 0 Å². The van der Waals surface area contributed by atoms with Crippen molar-refractivity contribution in [2.45, 2.75) is 32.0 Å². The van der Waals surface area contributed by atoms with Crippen molar-refractivity contribution in [2.75, 3.05) is 25.9 Å². The standard InChI is InChI=1S/C23H30N2O3/c1-4-12-25(3)14-21-16(2)22(18-10-8-17(15-26)9-11-18)28-23(27-21)19-6-5-7-20(24)13-19/h4-11,13,16,21-23,26H,1,12,14-15,24H2,2-3H3/t16-,21+,22+,23?/m0/s1. The molecule has 2 aromatic rings. The van der Waals surface area contributed by atoms with Crippen molar-refractivity contribution >= 4 is 5.69 Å². The van der Waals surface area contributed by atoms with E-state index in [1.165, 1.54) is 0 Å². The molecule has 0 aliphatic carbocycles. The van der Waals surface area contributed by atoms with Crippen LogP contribution in [0.2, 0.25) is 0 Å². The number of hydrogen-bond acceptors (Lipinski definition) is 5. The molecule has 4 atom stereocenters. The smallest absolute Gasteiger partial charge is 0.185 e. The van der Waals surface area contributed by atoms with Crippen molar-refractivity contribution in [1.82, 2.24) is 4.90 Å². The third-order valence-electron chi connectivity index (χ3n) is 5.24. The minimum absolute atomic E-state index is 0.00681. The zero-order chi connectivity index (χ0) is 20.1. The summed E-state index contributed by atoms with van der Waals surface area (Å²) >= 11 is 0. The average Bonchev–Trinajstić information content (AvgIpc) is 2.70. The molecule has 2 aromatic carbocycles. The van der Waals surface area contributed by atoms with E-state index in [1.54, 1.807) is 0 Å². The van der Waals surface area contributed by atoms with E-state index in [0.717, 1.165) is 29.8 Å². The Morgan fingerprint density at radius 3 is 2.54 bits per heavy atom.